The first kappa shape index (κ1) is 19.1. The summed E-state index contributed by atoms with van der Waals surface area (Å²) in [5.41, 5.74) is 2.14. The average Bonchev–Trinajstić information content (AvgIpc) is 3.18. The fraction of sp³-hybridized carbons (Fsp3) is 0.591. The Morgan fingerprint density at radius 2 is 1.93 bits per heavy atom. The Morgan fingerprint density at radius 3 is 2.71 bits per heavy atom. The molecule has 1 saturated heterocycles. The minimum atomic E-state index is 0.0687. The number of likely N-dealkylation sites (tertiary alicyclic amines) is 1. The minimum absolute atomic E-state index is 0.0687. The lowest BCUT2D eigenvalue weighted by molar-refractivity contribution is -0.127. The molecule has 2 heterocycles. The molecular weight excluding hydrogens is 352 g/mol. The molecule has 150 valence electrons. The third kappa shape index (κ3) is 4.79. The third-order valence-corrected chi connectivity index (χ3v) is 5.96. The second kappa shape index (κ2) is 8.86. The van der Waals surface area contributed by atoms with E-state index in [1.807, 2.05) is 24.3 Å². The van der Waals surface area contributed by atoms with Crippen LogP contribution in [0.3, 0.4) is 0 Å². The molecule has 0 radical (unpaired) electrons. The second-order valence-electron chi connectivity index (χ2n) is 8.30. The van der Waals surface area contributed by atoms with Crippen molar-refractivity contribution >= 4 is 5.91 Å². The van der Waals surface area contributed by atoms with E-state index in [2.05, 4.69) is 27.3 Å². The Labute approximate surface area is 166 Å². The van der Waals surface area contributed by atoms with Crippen molar-refractivity contribution in [3.63, 3.8) is 0 Å². The second-order valence-corrected chi connectivity index (χ2v) is 8.30. The SMILES string of the molecule is Cc1ccc(-c2nc(CN3CCC[C@H](C(=O)NC4CCCCC4)C3)no2)cc1. The lowest BCUT2D eigenvalue weighted by Crippen LogP contribution is -2.46. The molecule has 28 heavy (non-hydrogen) atoms. The van der Waals surface area contributed by atoms with Crippen molar-refractivity contribution in [2.24, 2.45) is 5.92 Å². The van der Waals surface area contributed by atoms with Gasteiger partial charge in [-0.2, -0.15) is 4.98 Å². The molecule has 0 bridgehead atoms. The molecule has 1 aromatic heterocycles. The van der Waals surface area contributed by atoms with Crippen LogP contribution in [0.15, 0.2) is 28.8 Å². The predicted molar refractivity (Wildman–Crippen MR) is 107 cm³/mol. The van der Waals surface area contributed by atoms with Gasteiger partial charge < -0.3 is 9.84 Å². The molecule has 1 aromatic carbocycles. The van der Waals surface area contributed by atoms with Gasteiger partial charge in [-0.25, -0.2) is 0 Å². The number of aromatic nitrogens is 2. The number of carbonyl (C=O) groups is 1. The zero-order chi connectivity index (χ0) is 19.3. The zero-order valence-electron chi connectivity index (χ0n) is 16.7. The van der Waals surface area contributed by atoms with Crippen molar-refractivity contribution in [1.29, 1.82) is 0 Å². The van der Waals surface area contributed by atoms with Gasteiger partial charge in [-0.05, 0) is 51.3 Å². The Kier molecular flexibility index (Phi) is 6.05. The molecule has 4 rings (SSSR count). The van der Waals surface area contributed by atoms with Gasteiger partial charge in [-0.1, -0.05) is 42.1 Å². The van der Waals surface area contributed by atoms with Gasteiger partial charge in [0.25, 0.3) is 5.89 Å². The number of hydrogen-bond acceptors (Lipinski definition) is 5. The van der Waals surface area contributed by atoms with E-state index in [4.69, 9.17) is 4.52 Å². The summed E-state index contributed by atoms with van der Waals surface area (Å²) < 4.78 is 5.44. The largest absolute Gasteiger partial charge is 0.353 e. The number of amides is 1. The monoisotopic (exact) mass is 382 g/mol. The van der Waals surface area contributed by atoms with E-state index in [1.54, 1.807) is 0 Å². The van der Waals surface area contributed by atoms with Gasteiger partial charge in [0.15, 0.2) is 5.82 Å². The van der Waals surface area contributed by atoms with Crippen molar-refractivity contribution in [3.8, 4) is 11.5 Å². The summed E-state index contributed by atoms with van der Waals surface area (Å²) in [6.07, 6.45) is 8.05. The maximum absolute atomic E-state index is 12.7. The first-order chi connectivity index (χ1) is 13.7. The smallest absolute Gasteiger partial charge is 0.257 e. The van der Waals surface area contributed by atoms with Crippen LogP contribution in [0.4, 0.5) is 0 Å². The van der Waals surface area contributed by atoms with Crippen LogP contribution < -0.4 is 5.32 Å². The van der Waals surface area contributed by atoms with Crippen LogP contribution in [0.25, 0.3) is 11.5 Å². The average molecular weight is 383 g/mol. The number of nitrogens with zero attached hydrogens (tertiary/aromatic N) is 3. The van der Waals surface area contributed by atoms with Crippen molar-refractivity contribution in [2.45, 2.75) is 64.5 Å². The van der Waals surface area contributed by atoms with E-state index in [9.17, 15) is 4.79 Å². The van der Waals surface area contributed by atoms with Crippen molar-refractivity contribution in [3.05, 3.63) is 35.7 Å². The summed E-state index contributed by atoms with van der Waals surface area (Å²) >= 11 is 0. The number of piperidine rings is 1. The van der Waals surface area contributed by atoms with Gasteiger partial charge in [0.1, 0.15) is 0 Å². The normalized spacial score (nSPS) is 21.5. The summed E-state index contributed by atoms with van der Waals surface area (Å²) in [5, 5.41) is 7.43. The van der Waals surface area contributed by atoms with Gasteiger partial charge in [0.05, 0.1) is 12.5 Å². The highest BCUT2D eigenvalue weighted by molar-refractivity contribution is 5.79. The van der Waals surface area contributed by atoms with Crippen LogP contribution in [0.2, 0.25) is 0 Å². The number of rotatable bonds is 5. The number of hydrogen-bond donors (Lipinski definition) is 1. The van der Waals surface area contributed by atoms with E-state index in [1.165, 1.54) is 24.8 Å². The summed E-state index contributed by atoms with van der Waals surface area (Å²) in [6, 6.07) is 8.46. The lowest BCUT2D eigenvalue weighted by atomic mass is 9.93. The highest BCUT2D eigenvalue weighted by Gasteiger charge is 2.28. The summed E-state index contributed by atoms with van der Waals surface area (Å²) in [4.78, 5) is 19.5. The summed E-state index contributed by atoms with van der Waals surface area (Å²) in [7, 11) is 0. The van der Waals surface area contributed by atoms with Crippen LogP contribution in [0, 0.1) is 12.8 Å². The molecule has 0 unspecified atom stereocenters. The van der Waals surface area contributed by atoms with Crippen LogP contribution >= 0.6 is 0 Å². The van der Waals surface area contributed by atoms with Gasteiger partial charge in [0, 0.05) is 18.2 Å². The number of benzene rings is 1. The lowest BCUT2D eigenvalue weighted by Gasteiger charge is -2.32. The number of aryl methyl sites for hydroxylation is 1. The van der Waals surface area contributed by atoms with Gasteiger partial charge in [-0.15, -0.1) is 0 Å². The highest BCUT2D eigenvalue weighted by Crippen LogP contribution is 2.22. The van der Waals surface area contributed by atoms with Crippen LogP contribution in [-0.2, 0) is 11.3 Å². The Morgan fingerprint density at radius 1 is 1.14 bits per heavy atom. The van der Waals surface area contributed by atoms with Crippen LogP contribution in [0.5, 0.6) is 0 Å². The molecule has 6 nitrogen and oxygen atoms in total. The van der Waals surface area contributed by atoms with E-state index in [0.29, 0.717) is 24.3 Å². The van der Waals surface area contributed by atoms with Crippen molar-refractivity contribution in [1.82, 2.24) is 20.4 Å². The highest BCUT2D eigenvalue weighted by atomic mass is 16.5. The molecule has 2 aromatic rings. The molecule has 1 saturated carbocycles. The molecule has 6 heteroatoms. The molecule has 1 N–H and O–H groups in total. The molecule has 0 spiro atoms. The number of carbonyl (C=O) groups excluding carboxylic acids is 1. The van der Waals surface area contributed by atoms with Gasteiger partial charge in [-0.3, -0.25) is 9.69 Å². The third-order valence-electron chi connectivity index (χ3n) is 5.96. The Hall–Kier alpha value is -2.21. The molecule has 2 fully saturated rings. The number of nitrogens with one attached hydrogen (secondary N) is 1. The summed E-state index contributed by atoms with van der Waals surface area (Å²) in [5.74, 6) is 1.53. The van der Waals surface area contributed by atoms with Gasteiger partial charge in [0.2, 0.25) is 5.91 Å². The van der Waals surface area contributed by atoms with Crippen LogP contribution in [0.1, 0.15) is 56.3 Å². The Bertz CT molecular complexity index is 780. The maximum atomic E-state index is 12.7. The van der Waals surface area contributed by atoms with Crippen molar-refractivity contribution in [2.75, 3.05) is 13.1 Å². The van der Waals surface area contributed by atoms with Gasteiger partial charge >= 0.3 is 0 Å². The molecule has 1 aliphatic heterocycles. The topological polar surface area (TPSA) is 71.3 Å². The zero-order valence-corrected chi connectivity index (χ0v) is 16.7. The van der Waals surface area contributed by atoms with E-state index in [0.717, 1.165) is 44.3 Å². The maximum Gasteiger partial charge on any atom is 0.257 e. The van der Waals surface area contributed by atoms with Crippen LogP contribution in [-0.4, -0.2) is 40.1 Å². The minimum Gasteiger partial charge on any atom is -0.353 e. The van der Waals surface area contributed by atoms with E-state index < -0.39 is 0 Å². The first-order valence-electron chi connectivity index (χ1n) is 10.6. The van der Waals surface area contributed by atoms with Crippen molar-refractivity contribution < 1.29 is 9.32 Å². The molecule has 2 aliphatic rings. The molecular formula is C22H30N4O2. The molecule has 1 amide bonds. The fourth-order valence-electron chi connectivity index (χ4n) is 4.31. The summed E-state index contributed by atoms with van der Waals surface area (Å²) in [6.45, 7) is 4.43. The predicted octanol–water partition coefficient (Wildman–Crippen LogP) is 3.71. The quantitative estimate of drug-likeness (QED) is 0.854. The fourth-order valence-corrected chi connectivity index (χ4v) is 4.31. The van der Waals surface area contributed by atoms with E-state index in [-0.39, 0.29) is 11.8 Å². The Balaban J connectivity index is 1.32. The van der Waals surface area contributed by atoms with E-state index >= 15 is 0 Å². The standard InChI is InChI=1S/C22H30N4O2/c1-16-9-11-17(12-10-16)22-24-20(25-28-22)15-26-13-5-6-18(14-26)21(27)23-19-7-3-2-4-8-19/h9-12,18-19H,2-8,13-15H2,1H3,(H,23,27)/t18-/m0/s1. The molecule has 1 atom stereocenters. The molecule has 1 aliphatic carbocycles. The first-order valence-corrected chi connectivity index (χ1v) is 10.6.